The number of hydrogen-bond acceptors (Lipinski definition) is 5. The summed E-state index contributed by atoms with van der Waals surface area (Å²) >= 11 is 0. The van der Waals surface area contributed by atoms with Gasteiger partial charge in [-0.25, -0.2) is 8.42 Å². The number of aromatic nitrogens is 2. The molecule has 1 aromatic heterocycles. The van der Waals surface area contributed by atoms with E-state index in [1.54, 1.807) is 24.3 Å². The van der Waals surface area contributed by atoms with E-state index in [1.165, 1.54) is 0 Å². The molecule has 0 saturated heterocycles. The molecule has 0 bridgehead atoms. The number of benzene rings is 1. The van der Waals surface area contributed by atoms with Crippen LogP contribution in [-0.4, -0.2) is 19.8 Å². The maximum atomic E-state index is 11.3. The molecule has 0 spiro atoms. The fourth-order valence-electron chi connectivity index (χ4n) is 1.45. The topological polar surface area (TPSA) is 87.1 Å². The van der Waals surface area contributed by atoms with Crippen LogP contribution < -0.4 is 4.90 Å². The molecule has 1 aromatic carbocycles. The van der Waals surface area contributed by atoms with Gasteiger partial charge in [0, 0.05) is 17.0 Å². The monoisotopic (exact) mass is 254 g/mol. The van der Waals surface area contributed by atoms with Crippen molar-refractivity contribution in [2.24, 2.45) is 0 Å². The maximum absolute atomic E-state index is 11.3. The van der Waals surface area contributed by atoms with E-state index < -0.39 is 15.6 Å². The molecule has 2 aromatic rings. The summed E-state index contributed by atoms with van der Waals surface area (Å²) in [5.74, 6) is -0.399. The Morgan fingerprint density at radius 1 is 1.35 bits per heavy atom. The van der Waals surface area contributed by atoms with Crippen LogP contribution >= 0.6 is 0 Å². The molecule has 0 amide bonds. The quantitative estimate of drug-likeness (QED) is 0.745. The van der Waals surface area contributed by atoms with E-state index in [1.807, 2.05) is 6.07 Å². The molecule has 90 valence electrons. The van der Waals surface area contributed by atoms with E-state index in [4.69, 9.17) is 0 Å². The third-order valence-corrected chi connectivity index (χ3v) is 2.94. The van der Waals surface area contributed by atoms with Crippen molar-refractivity contribution >= 4 is 9.84 Å². The first-order valence-corrected chi connectivity index (χ1v) is 6.85. The van der Waals surface area contributed by atoms with Crippen LogP contribution in [0, 0.1) is 5.21 Å². The van der Waals surface area contributed by atoms with Gasteiger partial charge in [0.05, 0.1) is 0 Å². The van der Waals surface area contributed by atoms with E-state index in [0.717, 1.165) is 6.26 Å². The smallest absolute Gasteiger partial charge is 0.252 e. The van der Waals surface area contributed by atoms with Gasteiger partial charge >= 0.3 is 0 Å². The van der Waals surface area contributed by atoms with Gasteiger partial charge in [-0.05, 0) is 4.90 Å². The Balaban J connectivity index is 2.50. The molecule has 0 aliphatic rings. The van der Waals surface area contributed by atoms with E-state index in [2.05, 4.69) is 9.79 Å². The van der Waals surface area contributed by atoms with Gasteiger partial charge in [0.2, 0.25) is 5.69 Å². The lowest BCUT2D eigenvalue weighted by Crippen LogP contribution is -2.29. The highest BCUT2D eigenvalue weighted by atomic mass is 32.2. The molecule has 0 unspecified atom stereocenters. The van der Waals surface area contributed by atoms with Crippen LogP contribution in [0.2, 0.25) is 0 Å². The maximum Gasteiger partial charge on any atom is 0.252 e. The van der Waals surface area contributed by atoms with Crippen molar-refractivity contribution in [1.29, 1.82) is 0 Å². The van der Waals surface area contributed by atoms with Crippen molar-refractivity contribution in [3.63, 3.8) is 0 Å². The lowest BCUT2D eigenvalue weighted by molar-refractivity contribution is -0.807. The van der Waals surface area contributed by atoms with Crippen LogP contribution in [0.3, 0.4) is 0 Å². The first-order chi connectivity index (χ1) is 7.97. The molecule has 0 aliphatic carbocycles. The highest BCUT2D eigenvalue weighted by molar-refractivity contribution is 7.89. The van der Waals surface area contributed by atoms with E-state index >= 15 is 0 Å². The first kappa shape index (κ1) is 11.6. The minimum absolute atomic E-state index is 0.00120. The van der Waals surface area contributed by atoms with Crippen molar-refractivity contribution in [3.8, 4) is 11.3 Å². The lowest BCUT2D eigenvalue weighted by Gasteiger charge is -1.97. The zero-order valence-corrected chi connectivity index (χ0v) is 9.85. The Morgan fingerprint density at radius 2 is 2.00 bits per heavy atom. The highest BCUT2D eigenvalue weighted by Crippen LogP contribution is 2.20. The van der Waals surface area contributed by atoms with Crippen molar-refractivity contribution < 1.29 is 17.9 Å². The molecule has 7 heteroatoms. The van der Waals surface area contributed by atoms with Crippen LogP contribution in [0.1, 0.15) is 5.69 Å². The van der Waals surface area contributed by atoms with Crippen LogP contribution in [-0.2, 0) is 15.6 Å². The molecule has 1 heterocycles. The summed E-state index contributed by atoms with van der Waals surface area (Å²) in [5, 5.41) is 14.9. The number of nitrogens with zero attached hydrogens (tertiary/aromatic N) is 2. The number of sulfone groups is 1. The largest absolute Gasteiger partial charge is 0.359 e. The summed E-state index contributed by atoms with van der Waals surface area (Å²) in [6.45, 7) is 0. The fourth-order valence-corrected chi connectivity index (χ4v) is 2.19. The summed E-state index contributed by atoms with van der Waals surface area (Å²) in [5.41, 5.74) is 0.897. The first-order valence-electron chi connectivity index (χ1n) is 4.79. The van der Waals surface area contributed by atoms with Crippen molar-refractivity contribution in [3.05, 3.63) is 41.2 Å². The van der Waals surface area contributed by atoms with Crippen LogP contribution in [0.25, 0.3) is 11.3 Å². The Kier molecular flexibility index (Phi) is 2.84. The summed E-state index contributed by atoms with van der Waals surface area (Å²) in [6, 6.07) is 8.80. The van der Waals surface area contributed by atoms with E-state index in [9.17, 15) is 13.6 Å². The second-order valence-electron chi connectivity index (χ2n) is 3.66. The van der Waals surface area contributed by atoms with Crippen molar-refractivity contribution in [2.75, 3.05) is 6.26 Å². The second-order valence-corrected chi connectivity index (χ2v) is 5.80. The van der Waals surface area contributed by atoms with Gasteiger partial charge in [-0.1, -0.05) is 30.3 Å². The van der Waals surface area contributed by atoms with Gasteiger partial charge in [0.25, 0.3) is 5.69 Å². The molecular formula is C10H10N2O4S. The van der Waals surface area contributed by atoms with Crippen molar-refractivity contribution in [2.45, 2.75) is 5.75 Å². The Morgan fingerprint density at radius 3 is 2.59 bits per heavy atom. The number of hydrogen-bond donors (Lipinski definition) is 0. The molecule has 2 rings (SSSR count). The van der Waals surface area contributed by atoms with Gasteiger partial charge in [-0.2, -0.15) is 0 Å². The van der Waals surface area contributed by atoms with Gasteiger partial charge in [-0.15, -0.1) is 0 Å². The average Bonchev–Trinajstić information content (AvgIpc) is 2.60. The van der Waals surface area contributed by atoms with Gasteiger partial charge in [0.1, 0.15) is 5.75 Å². The normalized spacial score (nSPS) is 11.6. The van der Waals surface area contributed by atoms with Gasteiger partial charge < -0.3 is 5.21 Å². The number of rotatable bonds is 3. The second kappa shape index (κ2) is 4.17. The molecule has 17 heavy (non-hydrogen) atoms. The van der Waals surface area contributed by atoms with E-state index in [0.29, 0.717) is 5.56 Å². The summed E-state index contributed by atoms with van der Waals surface area (Å²) in [4.78, 5) is 0.128. The minimum Gasteiger partial charge on any atom is -0.359 e. The van der Waals surface area contributed by atoms with Crippen LogP contribution in [0.4, 0.5) is 0 Å². The molecule has 0 atom stereocenters. The molecule has 0 radical (unpaired) electrons. The van der Waals surface area contributed by atoms with Gasteiger partial charge in [0.15, 0.2) is 9.84 Å². The summed E-state index contributed by atoms with van der Waals surface area (Å²) < 4.78 is 26.9. The third-order valence-electron chi connectivity index (χ3n) is 2.15. The zero-order valence-electron chi connectivity index (χ0n) is 9.03. The average molecular weight is 254 g/mol. The molecule has 6 nitrogen and oxygen atoms in total. The van der Waals surface area contributed by atoms with Crippen LogP contribution in [0.5, 0.6) is 0 Å². The zero-order chi connectivity index (χ0) is 12.5. The third kappa shape index (κ3) is 2.62. The van der Waals surface area contributed by atoms with Crippen molar-refractivity contribution in [1.82, 2.24) is 5.16 Å². The summed E-state index contributed by atoms with van der Waals surface area (Å²) in [6.07, 6.45) is 1.05. The lowest BCUT2D eigenvalue weighted by atomic mass is 10.1. The molecular weight excluding hydrogens is 244 g/mol. The summed E-state index contributed by atoms with van der Waals surface area (Å²) in [7, 11) is -3.32. The predicted octanol–water partition coefficient (Wildman–Crippen LogP) is 0.520. The Bertz CT molecular complexity index is 619. The molecule has 0 aliphatic heterocycles. The van der Waals surface area contributed by atoms with Crippen LogP contribution in [0.15, 0.2) is 35.0 Å². The minimum atomic E-state index is -3.32. The van der Waals surface area contributed by atoms with E-state index in [-0.39, 0.29) is 16.3 Å². The molecule has 0 N–H and O–H groups in total. The highest BCUT2D eigenvalue weighted by Gasteiger charge is 2.24. The standard InChI is InChI=1S/C10H10N2O4S/c1-17(14,15)7-9-10(11-16-12(9)13)8-5-3-2-4-6-8/h2-6H,7H2,1H3. The fraction of sp³-hybridized carbons (Fsp3) is 0.200. The molecule has 0 saturated carbocycles. The molecule has 0 fully saturated rings. The Hall–Kier alpha value is -1.89. The predicted molar refractivity (Wildman–Crippen MR) is 59.4 cm³/mol. The SMILES string of the molecule is CS(=O)(=O)Cc1c(-c2ccccc2)no[n+]1[O-]. The Labute approximate surface area is 97.9 Å². The van der Waals surface area contributed by atoms with Gasteiger partial charge in [-0.3, -0.25) is 4.63 Å².